The van der Waals surface area contributed by atoms with E-state index in [1.165, 1.54) is 38.4 Å². The molecule has 0 atom stereocenters. The molecule has 0 bridgehead atoms. The van der Waals surface area contributed by atoms with Crippen molar-refractivity contribution in [3.05, 3.63) is 57.8 Å². The summed E-state index contributed by atoms with van der Waals surface area (Å²) in [5.74, 6) is -1.17. The summed E-state index contributed by atoms with van der Waals surface area (Å²) in [5.41, 5.74) is 0.770. The Balaban J connectivity index is 2.39. The number of anilines is 1. The van der Waals surface area contributed by atoms with E-state index in [2.05, 4.69) is 21.2 Å². The standard InChI is InChI=1S/C16H16BrFN2O3S/c1-10-4-6-12(24(22,23)20(2)3)9-13(10)16(21)19-15-7-5-11(17)8-14(15)18/h4-9H,1-3H3,(H,19,21). The van der Waals surface area contributed by atoms with Crippen LogP contribution in [0, 0.1) is 12.7 Å². The molecule has 0 saturated carbocycles. The molecular weight excluding hydrogens is 399 g/mol. The second kappa shape index (κ2) is 7.00. The van der Waals surface area contributed by atoms with Gasteiger partial charge in [0.25, 0.3) is 5.91 Å². The number of rotatable bonds is 4. The maximum atomic E-state index is 13.9. The van der Waals surface area contributed by atoms with Crippen LogP contribution in [0.15, 0.2) is 45.8 Å². The number of aryl methyl sites for hydroxylation is 1. The van der Waals surface area contributed by atoms with Crippen LogP contribution in [0.3, 0.4) is 0 Å². The lowest BCUT2D eigenvalue weighted by Gasteiger charge is -2.14. The maximum absolute atomic E-state index is 13.9. The SMILES string of the molecule is Cc1ccc(S(=O)(=O)N(C)C)cc1C(=O)Nc1ccc(Br)cc1F. The van der Waals surface area contributed by atoms with E-state index in [1.807, 2.05) is 0 Å². The molecule has 0 saturated heterocycles. The first-order valence-electron chi connectivity index (χ1n) is 6.92. The predicted molar refractivity (Wildman–Crippen MR) is 94.1 cm³/mol. The minimum Gasteiger partial charge on any atom is -0.319 e. The summed E-state index contributed by atoms with van der Waals surface area (Å²) in [4.78, 5) is 12.4. The quantitative estimate of drug-likeness (QED) is 0.833. The Hall–Kier alpha value is -1.77. The average Bonchev–Trinajstić information content (AvgIpc) is 2.50. The molecule has 5 nitrogen and oxygen atoms in total. The zero-order chi connectivity index (χ0) is 18.1. The predicted octanol–water partition coefficient (Wildman–Crippen LogP) is 3.40. The number of carbonyl (C=O) groups is 1. The van der Waals surface area contributed by atoms with Crippen LogP contribution < -0.4 is 5.32 Å². The van der Waals surface area contributed by atoms with Gasteiger partial charge in [0.2, 0.25) is 10.0 Å². The maximum Gasteiger partial charge on any atom is 0.256 e. The number of sulfonamides is 1. The summed E-state index contributed by atoms with van der Waals surface area (Å²) in [6.45, 7) is 1.68. The number of halogens is 2. The fourth-order valence-corrected chi connectivity index (χ4v) is 3.26. The van der Waals surface area contributed by atoms with Crippen molar-refractivity contribution >= 4 is 37.5 Å². The molecule has 0 aromatic heterocycles. The second-order valence-corrected chi connectivity index (χ2v) is 8.41. The van der Waals surface area contributed by atoms with Gasteiger partial charge in [0, 0.05) is 24.1 Å². The molecule has 0 heterocycles. The molecule has 0 spiro atoms. The first kappa shape index (κ1) is 18.6. The molecule has 0 fully saturated rings. The first-order valence-corrected chi connectivity index (χ1v) is 9.16. The Labute approximate surface area is 148 Å². The third-order valence-corrected chi connectivity index (χ3v) is 5.72. The molecule has 0 aliphatic rings. The number of benzene rings is 2. The van der Waals surface area contributed by atoms with Gasteiger partial charge in [0.15, 0.2) is 0 Å². The molecule has 8 heteroatoms. The lowest BCUT2D eigenvalue weighted by atomic mass is 10.1. The fraction of sp³-hybridized carbons (Fsp3) is 0.188. The van der Waals surface area contributed by atoms with Crippen LogP contribution in [-0.4, -0.2) is 32.7 Å². The highest BCUT2D eigenvalue weighted by Crippen LogP contribution is 2.22. The van der Waals surface area contributed by atoms with Gasteiger partial charge in [0.1, 0.15) is 5.82 Å². The average molecular weight is 415 g/mol. The van der Waals surface area contributed by atoms with Gasteiger partial charge in [-0.1, -0.05) is 22.0 Å². The van der Waals surface area contributed by atoms with E-state index in [9.17, 15) is 17.6 Å². The lowest BCUT2D eigenvalue weighted by molar-refractivity contribution is 0.102. The Morgan fingerprint density at radius 3 is 2.42 bits per heavy atom. The summed E-state index contributed by atoms with van der Waals surface area (Å²) < 4.78 is 39.9. The van der Waals surface area contributed by atoms with Crippen molar-refractivity contribution in [2.24, 2.45) is 0 Å². The Morgan fingerprint density at radius 2 is 1.83 bits per heavy atom. The molecule has 0 aliphatic carbocycles. The molecule has 2 aromatic rings. The van der Waals surface area contributed by atoms with Crippen molar-refractivity contribution in [3.63, 3.8) is 0 Å². The Morgan fingerprint density at radius 1 is 1.17 bits per heavy atom. The molecule has 0 aliphatic heterocycles. The van der Waals surface area contributed by atoms with Gasteiger partial charge in [-0.3, -0.25) is 4.79 Å². The van der Waals surface area contributed by atoms with Crippen LogP contribution in [0.25, 0.3) is 0 Å². The van der Waals surface area contributed by atoms with Crippen molar-refractivity contribution < 1.29 is 17.6 Å². The number of nitrogens with one attached hydrogen (secondary N) is 1. The van der Waals surface area contributed by atoms with Crippen LogP contribution >= 0.6 is 15.9 Å². The van der Waals surface area contributed by atoms with Crippen molar-refractivity contribution in [2.45, 2.75) is 11.8 Å². The number of hydrogen-bond donors (Lipinski definition) is 1. The zero-order valence-electron chi connectivity index (χ0n) is 13.3. The third kappa shape index (κ3) is 3.82. The number of nitrogens with zero attached hydrogens (tertiary/aromatic N) is 1. The molecule has 128 valence electrons. The number of carbonyl (C=O) groups excluding carboxylic acids is 1. The number of amides is 1. The van der Waals surface area contributed by atoms with E-state index in [4.69, 9.17) is 0 Å². The highest BCUT2D eigenvalue weighted by molar-refractivity contribution is 9.10. The van der Waals surface area contributed by atoms with Gasteiger partial charge in [0.05, 0.1) is 10.6 Å². The summed E-state index contributed by atoms with van der Waals surface area (Å²) in [5, 5.41) is 2.46. The fourth-order valence-electron chi connectivity index (χ4n) is 2.00. The normalized spacial score (nSPS) is 11.6. The van der Waals surface area contributed by atoms with Crippen LogP contribution in [0.5, 0.6) is 0 Å². The van der Waals surface area contributed by atoms with Crippen molar-refractivity contribution in [1.82, 2.24) is 4.31 Å². The van der Waals surface area contributed by atoms with E-state index in [0.29, 0.717) is 10.0 Å². The Kier molecular flexibility index (Phi) is 5.42. The largest absolute Gasteiger partial charge is 0.319 e. The molecule has 2 aromatic carbocycles. The van der Waals surface area contributed by atoms with Gasteiger partial charge >= 0.3 is 0 Å². The molecule has 0 unspecified atom stereocenters. The molecular formula is C16H16BrFN2O3S. The smallest absolute Gasteiger partial charge is 0.256 e. The van der Waals surface area contributed by atoms with E-state index in [1.54, 1.807) is 19.1 Å². The molecule has 1 N–H and O–H groups in total. The van der Waals surface area contributed by atoms with Crippen LogP contribution in [-0.2, 0) is 10.0 Å². The molecule has 0 radical (unpaired) electrons. The Bertz CT molecular complexity index is 898. The minimum absolute atomic E-state index is 0.000437. The van der Waals surface area contributed by atoms with Crippen molar-refractivity contribution in [3.8, 4) is 0 Å². The molecule has 24 heavy (non-hydrogen) atoms. The monoisotopic (exact) mass is 414 g/mol. The van der Waals surface area contributed by atoms with Gasteiger partial charge in [-0.05, 0) is 42.8 Å². The zero-order valence-corrected chi connectivity index (χ0v) is 15.7. The van der Waals surface area contributed by atoms with E-state index in [0.717, 1.165) is 4.31 Å². The van der Waals surface area contributed by atoms with Crippen molar-refractivity contribution in [1.29, 1.82) is 0 Å². The third-order valence-electron chi connectivity index (χ3n) is 3.41. The summed E-state index contributed by atoms with van der Waals surface area (Å²) >= 11 is 3.14. The highest BCUT2D eigenvalue weighted by Gasteiger charge is 2.20. The minimum atomic E-state index is -3.66. The van der Waals surface area contributed by atoms with Crippen LogP contribution in [0.1, 0.15) is 15.9 Å². The number of hydrogen-bond acceptors (Lipinski definition) is 3. The topological polar surface area (TPSA) is 66.5 Å². The molecule has 2 rings (SSSR count). The van der Waals surface area contributed by atoms with E-state index >= 15 is 0 Å². The summed E-state index contributed by atoms with van der Waals surface area (Å²) in [6.07, 6.45) is 0. The van der Waals surface area contributed by atoms with Gasteiger partial charge < -0.3 is 5.32 Å². The van der Waals surface area contributed by atoms with E-state index in [-0.39, 0.29) is 16.1 Å². The summed E-state index contributed by atoms with van der Waals surface area (Å²) in [6, 6.07) is 8.52. The second-order valence-electron chi connectivity index (χ2n) is 5.34. The van der Waals surface area contributed by atoms with Crippen molar-refractivity contribution in [2.75, 3.05) is 19.4 Å². The van der Waals surface area contributed by atoms with E-state index < -0.39 is 21.7 Å². The van der Waals surface area contributed by atoms with Crippen LogP contribution in [0.2, 0.25) is 0 Å². The van der Waals surface area contributed by atoms with Crippen LogP contribution in [0.4, 0.5) is 10.1 Å². The first-order chi connectivity index (χ1) is 11.1. The van der Waals surface area contributed by atoms with Gasteiger partial charge in [-0.15, -0.1) is 0 Å². The molecule has 1 amide bonds. The highest BCUT2D eigenvalue weighted by atomic mass is 79.9. The lowest BCUT2D eigenvalue weighted by Crippen LogP contribution is -2.23. The van der Waals surface area contributed by atoms with Gasteiger partial charge in [-0.25, -0.2) is 17.1 Å². The van der Waals surface area contributed by atoms with Gasteiger partial charge in [-0.2, -0.15) is 0 Å². The summed E-state index contributed by atoms with van der Waals surface area (Å²) in [7, 11) is -0.846.